The predicted octanol–water partition coefficient (Wildman–Crippen LogP) is 6.11. The quantitative estimate of drug-likeness (QED) is 0.560. The third-order valence-electron chi connectivity index (χ3n) is 5.90. The van der Waals surface area contributed by atoms with Crippen molar-refractivity contribution >= 4 is 41.9 Å². The lowest BCUT2D eigenvalue weighted by Gasteiger charge is -2.13. The summed E-state index contributed by atoms with van der Waals surface area (Å²) in [4.78, 5) is 21.9. The highest BCUT2D eigenvalue weighted by atomic mass is 15.1. The Hall–Kier alpha value is -3.54. The second-order valence-corrected chi connectivity index (χ2v) is 8.33. The molecule has 2 N–H and O–H groups in total. The van der Waals surface area contributed by atoms with Gasteiger partial charge in [0.1, 0.15) is 17.5 Å². The molecule has 6 nitrogen and oxygen atoms in total. The van der Waals surface area contributed by atoms with Gasteiger partial charge >= 0.3 is 0 Å². The molecule has 1 aromatic heterocycles. The Balaban J connectivity index is 1.74. The van der Waals surface area contributed by atoms with Crippen LogP contribution in [-0.4, -0.2) is 35.8 Å². The Morgan fingerprint density at radius 1 is 1.22 bits per heavy atom. The van der Waals surface area contributed by atoms with E-state index >= 15 is 0 Å². The number of nitrogens with one attached hydrogen (secondary N) is 2. The van der Waals surface area contributed by atoms with Crippen LogP contribution in [0.5, 0.6) is 0 Å². The topological polar surface area (TPSA) is 77.3 Å². The zero-order valence-corrected chi connectivity index (χ0v) is 19.5. The van der Waals surface area contributed by atoms with Gasteiger partial charge in [-0.2, -0.15) is 0 Å². The van der Waals surface area contributed by atoms with E-state index in [1.165, 1.54) is 5.57 Å². The maximum Gasteiger partial charge on any atom is 0.164 e. The number of rotatable bonds is 4. The largest absolute Gasteiger partial charge is 0.326 e. The molecule has 164 valence electrons. The van der Waals surface area contributed by atoms with Gasteiger partial charge in [0.05, 0.1) is 6.54 Å². The van der Waals surface area contributed by atoms with Crippen molar-refractivity contribution in [3.05, 3.63) is 63.8 Å². The number of hydrogen-bond acceptors (Lipinski definition) is 4. The molecular formula is C26H30N6. The summed E-state index contributed by atoms with van der Waals surface area (Å²) in [6, 6.07) is 0. The van der Waals surface area contributed by atoms with Crippen LogP contribution in [0.2, 0.25) is 0 Å². The summed E-state index contributed by atoms with van der Waals surface area (Å²) in [5.41, 5.74) is 6.67. The van der Waals surface area contributed by atoms with Gasteiger partial charge in [0.15, 0.2) is 11.7 Å². The second kappa shape index (κ2) is 8.91. The van der Waals surface area contributed by atoms with Crippen LogP contribution in [-0.2, 0) is 0 Å². The highest BCUT2D eigenvalue weighted by molar-refractivity contribution is 6.23. The van der Waals surface area contributed by atoms with Crippen molar-refractivity contribution in [1.29, 1.82) is 0 Å². The maximum absolute atomic E-state index is 4.91. The third kappa shape index (κ3) is 3.88. The van der Waals surface area contributed by atoms with Gasteiger partial charge in [-0.15, -0.1) is 0 Å². The van der Waals surface area contributed by atoms with Gasteiger partial charge in [-0.3, -0.25) is 4.99 Å². The minimum absolute atomic E-state index is 0.458. The van der Waals surface area contributed by atoms with E-state index in [1.807, 2.05) is 26.0 Å². The molecule has 4 rings (SSSR count). The first kappa shape index (κ1) is 21.7. The van der Waals surface area contributed by atoms with E-state index in [4.69, 9.17) is 4.99 Å². The number of aromatic amines is 1. The van der Waals surface area contributed by atoms with Crippen molar-refractivity contribution in [2.75, 3.05) is 11.9 Å². The van der Waals surface area contributed by atoms with Crippen LogP contribution in [0.25, 0.3) is 6.08 Å². The van der Waals surface area contributed by atoms with Crippen LogP contribution in [0, 0.1) is 12.8 Å². The normalized spacial score (nSPS) is 21.9. The SMILES string of the molecule is C=NC1=NC(=Nc2[nH]c(NC3=NCC(C)=C3/C=C\C)c(/C=C\C)c2C)C2=C1CC(C)C=C2. The maximum atomic E-state index is 4.91. The number of anilines is 1. The molecule has 6 heteroatoms. The van der Waals surface area contributed by atoms with E-state index < -0.39 is 0 Å². The lowest BCUT2D eigenvalue weighted by atomic mass is 9.91. The number of hydrogen-bond donors (Lipinski definition) is 2. The number of aliphatic imine (C=N–C) groups is 4. The van der Waals surface area contributed by atoms with Crippen LogP contribution in [0.4, 0.5) is 11.6 Å². The van der Waals surface area contributed by atoms with Gasteiger partial charge in [-0.1, -0.05) is 43.4 Å². The van der Waals surface area contributed by atoms with Crippen LogP contribution < -0.4 is 5.32 Å². The first-order chi connectivity index (χ1) is 15.5. The molecule has 0 fully saturated rings. The van der Waals surface area contributed by atoms with Crippen molar-refractivity contribution < 1.29 is 0 Å². The Morgan fingerprint density at radius 2 is 2.00 bits per heavy atom. The Labute approximate surface area is 189 Å². The Bertz CT molecular complexity index is 1210. The van der Waals surface area contributed by atoms with E-state index in [1.54, 1.807) is 0 Å². The second-order valence-electron chi connectivity index (χ2n) is 8.33. The van der Waals surface area contributed by atoms with Crippen molar-refractivity contribution in [3.8, 4) is 0 Å². The highest BCUT2D eigenvalue weighted by Crippen LogP contribution is 2.35. The van der Waals surface area contributed by atoms with Gasteiger partial charge in [0.25, 0.3) is 0 Å². The van der Waals surface area contributed by atoms with E-state index in [-0.39, 0.29) is 0 Å². The summed E-state index contributed by atoms with van der Waals surface area (Å²) in [6.07, 6.45) is 13.5. The van der Waals surface area contributed by atoms with Crippen LogP contribution >= 0.6 is 0 Å². The van der Waals surface area contributed by atoms with Gasteiger partial charge in [0.2, 0.25) is 0 Å². The van der Waals surface area contributed by atoms with Gasteiger partial charge < -0.3 is 10.3 Å². The van der Waals surface area contributed by atoms with E-state index in [0.717, 1.165) is 51.7 Å². The van der Waals surface area contributed by atoms with Crippen molar-refractivity contribution in [1.82, 2.24) is 4.98 Å². The average molecular weight is 427 g/mol. The van der Waals surface area contributed by atoms with E-state index in [9.17, 15) is 0 Å². The molecule has 0 radical (unpaired) electrons. The van der Waals surface area contributed by atoms with Crippen molar-refractivity contribution in [2.45, 2.75) is 41.0 Å². The third-order valence-corrected chi connectivity index (χ3v) is 5.90. The van der Waals surface area contributed by atoms with Gasteiger partial charge in [0, 0.05) is 27.8 Å². The fourth-order valence-electron chi connectivity index (χ4n) is 4.20. The fraction of sp³-hybridized carbons (Fsp3) is 0.308. The summed E-state index contributed by atoms with van der Waals surface area (Å²) < 4.78 is 0. The smallest absolute Gasteiger partial charge is 0.164 e. The predicted molar refractivity (Wildman–Crippen MR) is 138 cm³/mol. The lowest BCUT2D eigenvalue weighted by molar-refractivity contribution is 0.721. The van der Waals surface area contributed by atoms with Crippen LogP contribution in [0.15, 0.2) is 72.6 Å². The summed E-state index contributed by atoms with van der Waals surface area (Å²) >= 11 is 0. The molecule has 1 unspecified atom stereocenters. The van der Waals surface area contributed by atoms with Crippen LogP contribution in [0.3, 0.4) is 0 Å². The molecule has 32 heavy (non-hydrogen) atoms. The molecule has 0 bridgehead atoms. The van der Waals surface area contributed by atoms with Gasteiger partial charge in [-0.05, 0) is 52.3 Å². The molecule has 0 spiro atoms. The van der Waals surface area contributed by atoms with E-state index in [0.29, 0.717) is 24.1 Å². The summed E-state index contributed by atoms with van der Waals surface area (Å²) in [7, 11) is 0. The molecule has 0 aromatic carbocycles. The zero-order valence-electron chi connectivity index (χ0n) is 19.5. The van der Waals surface area contributed by atoms with E-state index in [2.05, 4.69) is 77.1 Å². The standard InChI is InChI=1S/C26H30N6/c1-7-9-18-16(4)14-28-24(18)32-25-19(10-8-2)17(5)22(29-25)30-26-20-12-11-15(3)13-21(20)23(27-6)31-26/h7-12,15,29H,6,13-14H2,1-5H3,(H,28,32)/b9-7-,10-8-,30-26?. The van der Waals surface area contributed by atoms with Crippen LogP contribution in [0.1, 0.15) is 45.2 Å². The summed E-state index contributed by atoms with van der Waals surface area (Å²) in [5.74, 6) is 4.34. The monoisotopic (exact) mass is 426 g/mol. The molecule has 0 saturated carbocycles. The Kier molecular flexibility index (Phi) is 6.04. The molecular weight excluding hydrogens is 396 g/mol. The lowest BCUT2D eigenvalue weighted by Crippen LogP contribution is -2.13. The molecule has 3 heterocycles. The molecule has 2 aliphatic heterocycles. The number of aromatic nitrogens is 1. The number of amidine groups is 3. The minimum Gasteiger partial charge on any atom is -0.326 e. The first-order valence-corrected chi connectivity index (χ1v) is 11.0. The number of H-pyrrole nitrogens is 1. The number of nitrogens with zero attached hydrogens (tertiary/aromatic N) is 4. The average Bonchev–Trinajstić information content (AvgIpc) is 3.39. The highest BCUT2D eigenvalue weighted by Gasteiger charge is 2.27. The minimum atomic E-state index is 0.458. The molecule has 0 amide bonds. The zero-order chi connectivity index (χ0) is 22.8. The van der Waals surface area contributed by atoms with Gasteiger partial charge in [-0.25, -0.2) is 15.0 Å². The molecule has 3 aliphatic rings. The summed E-state index contributed by atoms with van der Waals surface area (Å²) in [5, 5.41) is 3.50. The van der Waals surface area contributed by atoms with Crippen molar-refractivity contribution in [3.63, 3.8) is 0 Å². The number of allylic oxidation sites excluding steroid dienone is 3. The summed E-state index contributed by atoms with van der Waals surface area (Å²) in [6.45, 7) is 14.8. The fourth-order valence-corrected chi connectivity index (χ4v) is 4.20. The molecule has 1 aliphatic carbocycles. The molecule has 0 saturated heterocycles. The van der Waals surface area contributed by atoms with Crippen molar-refractivity contribution in [2.24, 2.45) is 25.9 Å². The molecule has 1 atom stereocenters. The first-order valence-electron chi connectivity index (χ1n) is 11.0. The molecule has 1 aromatic rings. The Morgan fingerprint density at radius 3 is 2.72 bits per heavy atom.